The summed E-state index contributed by atoms with van der Waals surface area (Å²) < 4.78 is 91.7. The van der Waals surface area contributed by atoms with Gasteiger partial charge in [0, 0.05) is 34.3 Å². The van der Waals surface area contributed by atoms with Gasteiger partial charge in [0.05, 0.1) is 52.0 Å². The van der Waals surface area contributed by atoms with Gasteiger partial charge in [-0.15, -0.1) is 11.3 Å². The lowest BCUT2D eigenvalue weighted by Crippen LogP contribution is -2.49. The van der Waals surface area contributed by atoms with Gasteiger partial charge in [-0.25, -0.2) is 9.80 Å². The van der Waals surface area contributed by atoms with Gasteiger partial charge in [0.2, 0.25) is 23.6 Å². The number of carbonyl (C=O) groups is 4. The summed E-state index contributed by atoms with van der Waals surface area (Å²) in [6.45, 7) is 3.50. The number of imide groups is 2. The Labute approximate surface area is 351 Å². The Hall–Kier alpha value is -5.68. The molecule has 1 N–H and O–H groups in total. The molecule has 4 aliphatic rings. The number of phenols is 1. The van der Waals surface area contributed by atoms with Crippen molar-refractivity contribution in [1.29, 1.82) is 0 Å². The van der Waals surface area contributed by atoms with Crippen LogP contribution in [-0.4, -0.2) is 45.6 Å². The number of hydrogen-bond donors (Lipinski definition) is 1. The first kappa shape index (κ1) is 40.7. The summed E-state index contributed by atoms with van der Waals surface area (Å²) in [4.78, 5) is 60.9. The first-order valence-electron chi connectivity index (χ1n) is 19.0. The van der Waals surface area contributed by atoms with Gasteiger partial charge < -0.3 is 9.84 Å². The molecule has 2 aliphatic carbocycles. The molecule has 2 aromatic heterocycles. The smallest absolute Gasteiger partial charge is 0.416 e. The number of anilines is 2. The molecule has 3 fully saturated rings. The summed E-state index contributed by atoms with van der Waals surface area (Å²) in [7, 11) is 2.93. The number of amides is 4. The zero-order valence-electron chi connectivity index (χ0n) is 32.5. The third kappa shape index (κ3) is 5.93. The molecule has 0 unspecified atom stereocenters. The lowest BCUT2D eigenvalue weighted by molar-refractivity contribution is -0.143. The van der Waals surface area contributed by atoms with Crippen LogP contribution in [0.15, 0.2) is 72.3 Å². The molecule has 3 aromatic carbocycles. The van der Waals surface area contributed by atoms with Gasteiger partial charge in [-0.2, -0.15) is 31.4 Å². The number of allylic oxidation sites excluding steroid dienone is 2. The standard InChI is InChI=1S/C43H33ClF6N4O6S/c1-18-25-15-21(44)8-11-31(25)61-36(18)28-17-32(52(3)51-28)54-38(57)27-16-26-23(35(41(27,2)40(54)59)34-29(55)6-5-7-30(34)60-4)9-10-24-33(26)39(58)53(37(24)56)22-13-19(42(45,46)47)12-20(14-22)43(48,49)50/h5-9,11-15,17,24,26-27,33,35,55H,10,16H2,1-4H3/t24-,26+,27-,33-,35+,41+/m0/s1. The van der Waals surface area contributed by atoms with Crippen LogP contribution in [0.2, 0.25) is 5.02 Å². The highest BCUT2D eigenvalue weighted by molar-refractivity contribution is 7.22. The van der Waals surface area contributed by atoms with Gasteiger partial charge >= 0.3 is 12.4 Å². The zero-order valence-corrected chi connectivity index (χ0v) is 34.1. The number of ether oxygens (including phenoxy) is 1. The number of hydrogen-bond acceptors (Lipinski definition) is 8. The van der Waals surface area contributed by atoms with E-state index in [1.165, 1.54) is 35.3 Å². The molecule has 4 heterocycles. The van der Waals surface area contributed by atoms with E-state index in [9.17, 15) is 45.8 Å². The molecule has 6 atom stereocenters. The van der Waals surface area contributed by atoms with Crippen molar-refractivity contribution in [2.45, 2.75) is 45.0 Å². The number of nitrogens with zero attached hydrogens (tertiary/aromatic N) is 4. The van der Waals surface area contributed by atoms with Gasteiger partial charge in [0.15, 0.2) is 0 Å². The molecule has 4 amide bonds. The molecule has 0 spiro atoms. The summed E-state index contributed by atoms with van der Waals surface area (Å²) in [5.41, 5.74) is -4.06. The quantitative estimate of drug-likeness (QED) is 0.106. The van der Waals surface area contributed by atoms with Crippen molar-refractivity contribution in [2.24, 2.45) is 36.1 Å². The van der Waals surface area contributed by atoms with E-state index in [0.717, 1.165) is 25.4 Å². The second kappa shape index (κ2) is 13.7. The third-order valence-corrected chi connectivity index (χ3v) is 14.4. The second-order valence-electron chi connectivity index (χ2n) is 16.0. The fourth-order valence-electron chi connectivity index (χ4n) is 10.1. The molecule has 10 nitrogen and oxygen atoms in total. The van der Waals surface area contributed by atoms with Crippen LogP contribution in [-0.2, 0) is 38.6 Å². The first-order valence-corrected chi connectivity index (χ1v) is 20.2. The van der Waals surface area contributed by atoms with E-state index in [-0.39, 0.29) is 41.8 Å². The topological polar surface area (TPSA) is 122 Å². The number of aromatic nitrogens is 2. The van der Waals surface area contributed by atoms with Crippen LogP contribution in [0.25, 0.3) is 20.7 Å². The van der Waals surface area contributed by atoms with Crippen molar-refractivity contribution in [3.63, 3.8) is 0 Å². The highest BCUT2D eigenvalue weighted by Gasteiger charge is 2.68. The molecule has 18 heteroatoms. The first-order chi connectivity index (χ1) is 28.7. The molecule has 1 saturated carbocycles. The van der Waals surface area contributed by atoms with Gasteiger partial charge in [0.1, 0.15) is 23.0 Å². The molecule has 2 saturated heterocycles. The summed E-state index contributed by atoms with van der Waals surface area (Å²) in [6, 6.07) is 12.1. The number of rotatable bonds is 5. The van der Waals surface area contributed by atoms with E-state index in [4.69, 9.17) is 21.4 Å². The average molecular weight is 883 g/mol. The van der Waals surface area contributed by atoms with E-state index in [1.807, 2.05) is 19.1 Å². The van der Waals surface area contributed by atoms with Gasteiger partial charge in [-0.05, 0) is 92.1 Å². The number of benzene rings is 3. The van der Waals surface area contributed by atoms with Crippen LogP contribution < -0.4 is 14.5 Å². The Morgan fingerprint density at radius 1 is 0.902 bits per heavy atom. The Balaban J connectivity index is 1.16. The summed E-state index contributed by atoms with van der Waals surface area (Å²) in [5, 5.41) is 17.7. The van der Waals surface area contributed by atoms with Crippen LogP contribution in [0.5, 0.6) is 11.5 Å². The third-order valence-electron chi connectivity index (χ3n) is 12.9. The molecule has 0 bridgehead atoms. The predicted molar refractivity (Wildman–Crippen MR) is 212 cm³/mol. The number of aromatic hydroxyl groups is 1. The van der Waals surface area contributed by atoms with Gasteiger partial charge in [0.25, 0.3) is 0 Å². The highest BCUT2D eigenvalue weighted by atomic mass is 35.5. The van der Waals surface area contributed by atoms with Crippen LogP contribution in [0, 0.1) is 36.0 Å². The molecular formula is C43H33ClF6N4O6S. The van der Waals surface area contributed by atoms with Crippen molar-refractivity contribution in [1.82, 2.24) is 9.78 Å². The van der Waals surface area contributed by atoms with Crippen LogP contribution >= 0.6 is 22.9 Å². The fourth-order valence-corrected chi connectivity index (χ4v) is 11.4. The van der Waals surface area contributed by atoms with Gasteiger partial charge in [-0.3, -0.25) is 23.9 Å². The minimum absolute atomic E-state index is 0.0904. The number of methoxy groups -OCH3 is 1. The largest absolute Gasteiger partial charge is 0.508 e. The molecule has 0 radical (unpaired) electrons. The number of halogens is 7. The van der Waals surface area contributed by atoms with Gasteiger partial charge in [-0.1, -0.05) is 29.3 Å². The summed E-state index contributed by atoms with van der Waals surface area (Å²) in [6.07, 6.45) is -9.23. The Morgan fingerprint density at radius 3 is 2.25 bits per heavy atom. The Bertz CT molecular complexity index is 2760. The number of thiophene rings is 1. The van der Waals surface area contributed by atoms with E-state index in [2.05, 4.69) is 0 Å². The van der Waals surface area contributed by atoms with Crippen molar-refractivity contribution < 1.29 is 55.4 Å². The number of alkyl halides is 6. The van der Waals surface area contributed by atoms with E-state index in [1.54, 1.807) is 38.2 Å². The monoisotopic (exact) mass is 882 g/mol. The maximum atomic E-state index is 15.2. The molecule has 316 valence electrons. The highest BCUT2D eigenvalue weighted by Crippen LogP contribution is 2.65. The van der Waals surface area contributed by atoms with Crippen molar-refractivity contribution in [2.75, 3.05) is 16.9 Å². The van der Waals surface area contributed by atoms with Crippen LogP contribution in [0.1, 0.15) is 47.9 Å². The maximum Gasteiger partial charge on any atom is 0.416 e. The minimum atomic E-state index is -5.25. The number of fused-ring (bicyclic) bond motifs is 5. The van der Waals surface area contributed by atoms with Crippen molar-refractivity contribution >= 4 is 68.2 Å². The molecule has 61 heavy (non-hydrogen) atoms. The van der Waals surface area contributed by atoms with E-state index in [0.29, 0.717) is 33.3 Å². The van der Waals surface area contributed by atoms with Crippen molar-refractivity contribution in [3.05, 3.63) is 99.6 Å². The number of aryl methyl sites for hydroxylation is 2. The van der Waals surface area contributed by atoms with Crippen LogP contribution in [0.4, 0.5) is 37.8 Å². The SMILES string of the molecule is COc1cccc(O)c1[C@H]1C2=CC[C@@H]3C(=O)N(c4cc(C(F)(F)F)cc(C(F)(F)F)c4)C(=O)[C@@H]3[C@@H]2C[C@H]2C(=O)N(c3cc(-c4sc5ccc(Cl)cc5c4C)nn3C)C(=O)[C@@]12C. The second-order valence-corrected chi connectivity index (χ2v) is 17.5. The maximum absolute atomic E-state index is 15.2. The molecule has 9 rings (SSSR count). The molecular weight excluding hydrogens is 850 g/mol. The normalized spacial score (nSPS) is 25.3. The van der Waals surface area contributed by atoms with E-state index >= 15 is 4.79 Å². The number of phenolic OH excluding ortho intramolecular Hbond substituents is 1. The average Bonchev–Trinajstić information content (AvgIpc) is 3.87. The molecule has 5 aromatic rings. The van der Waals surface area contributed by atoms with Crippen molar-refractivity contribution in [3.8, 4) is 22.1 Å². The lowest BCUT2D eigenvalue weighted by Gasteiger charge is -2.49. The Kier molecular flexibility index (Phi) is 9.12. The zero-order chi connectivity index (χ0) is 43.8. The molecule has 2 aliphatic heterocycles. The lowest BCUT2D eigenvalue weighted by atomic mass is 9.51. The predicted octanol–water partition coefficient (Wildman–Crippen LogP) is 9.45. The van der Waals surface area contributed by atoms with Crippen LogP contribution in [0.3, 0.4) is 0 Å². The fraction of sp³-hybridized carbons (Fsp3) is 0.326. The number of carbonyl (C=O) groups excluding carboxylic acids is 4. The van der Waals surface area contributed by atoms with E-state index < -0.39 is 87.8 Å². The summed E-state index contributed by atoms with van der Waals surface area (Å²) >= 11 is 7.73. The Morgan fingerprint density at radius 2 is 1.59 bits per heavy atom. The summed E-state index contributed by atoms with van der Waals surface area (Å²) in [5.74, 6) is -9.31. The minimum Gasteiger partial charge on any atom is -0.508 e.